The number of benzene rings is 2. The van der Waals surface area contributed by atoms with E-state index < -0.39 is 25.4 Å². The fourth-order valence-electron chi connectivity index (χ4n) is 4.76. The third kappa shape index (κ3) is 9.40. The molecule has 1 aliphatic rings. The van der Waals surface area contributed by atoms with Crippen LogP contribution in [0, 0.1) is 17.6 Å². The van der Waals surface area contributed by atoms with Gasteiger partial charge in [0.05, 0.1) is 37.9 Å². The number of hydrogen-bond acceptors (Lipinski definition) is 10. The molecule has 0 atom stereocenters. The van der Waals surface area contributed by atoms with Crippen molar-refractivity contribution in [2.24, 2.45) is 5.92 Å². The molecule has 14 nitrogen and oxygen atoms in total. The van der Waals surface area contributed by atoms with Crippen molar-refractivity contribution in [1.29, 1.82) is 0 Å². The van der Waals surface area contributed by atoms with Gasteiger partial charge in [0.2, 0.25) is 5.91 Å². The summed E-state index contributed by atoms with van der Waals surface area (Å²) >= 11 is 0. The molecule has 2 heterocycles. The summed E-state index contributed by atoms with van der Waals surface area (Å²) in [6.45, 7) is 2.23. The number of hydrogen-bond donors (Lipinski definition) is 5. The molecule has 0 spiro atoms. The summed E-state index contributed by atoms with van der Waals surface area (Å²) in [5.41, 5.74) is 0.744. The van der Waals surface area contributed by atoms with Crippen molar-refractivity contribution < 1.29 is 41.9 Å². The Bertz CT molecular complexity index is 1720. The summed E-state index contributed by atoms with van der Waals surface area (Å²) in [6, 6.07) is 8.60. The number of ether oxygens (including phenoxy) is 2. The molecule has 1 saturated carbocycles. The van der Waals surface area contributed by atoms with Gasteiger partial charge in [-0.3, -0.25) is 14.4 Å². The number of carbonyl (C=O) groups excluding carboxylic acids is 1. The molecule has 46 heavy (non-hydrogen) atoms. The standard InChI is InChI=1S/C29H34F2N7O7P/c1-43-24-14-20-23(15-25(24)44-10-3-8-38(16-18-6-7-18)9-11-45-46(40,41)42)32-17-33-29(20)35-26-12-19(36-37-26)13-27(39)34-22-5-2-4-21(30)28(22)31/h2,4-5,12,14-15,17-18H,3,6-11,13,16H2,1H3,(H,34,39)(H2,40,41,42)(H2,32,33,35,36,37). The number of aromatic amines is 1. The van der Waals surface area contributed by atoms with Crippen molar-refractivity contribution in [3.63, 3.8) is 0 Å². The second-order valence-corrected chi connectivity index (χ2v) is 12.0. The van der Waals surface area contributed by atoms with Crippen LogP contribution >= 0.6 is 7.82 Å². The molecule has 4 aromatic rings. The molecule has 0 saturated heterocycles. The Morgan fingerprint density at radius 2 is 1.96 bits per heavy atom. The molecule has 1 amide bonds. The number of phosphoric ester groups is 1. The first-order valence-corrected chi connectivity index (χ1v) is 16.0. The van der Waals surface area contributed by atoms with E-state index >= 15 is 0 Å². The number of halogens is 2. The highest BCUT2D eigenvalue weighted by Gasteiger charge is 2.25. The minimum Gasteiger partial charge on any atom is -0.493 e. The molecular formula is C29H34F2N7O7P. The van der Waals surface area contributed by atoms with Gasteiger partial charge in [0.1, 0.15) is 12.1 Å². The molecule has 0 bridgehead atoms. The van der Waals surface area contributed by atoms with E-state index in [0.717, 1.165) is 25.5 Å². The molecule has 5 rings (SSSR count). The highest BCUT2D eigenvalue weighted by Crippen LogP contribution is 2.36. The van der Waals surface area contributed by atoms with E-state index in [4.69, 9.17) is 19.3 Å². The second-order valence-electron chi connectivity index (χ2n) is 10.7. The summed E-state index contributed by atoms with van der Waals surface area (Å²) in [4.78, 5) is 41.1. The van der Waals surface area contributed by atoms with Gasteiger partial charge in [-0.25, -0.2) is 23.3 Å². The quantitative estimate of drug-likeness (QED) is 0.0806. The fourth-order valence-corrected chi connectivity index (χ4v) is 5.08. The van der Waals surface area contributed by atoms with Crippen molar-refractivity contribution >= 4 is 42.0 Å². The van der Waals surface area contributed by atoms with Crippen LogP contribution in [-0.4, -0.2) is 80.7 Å². The van der Waals surface area contributed by atoms with Crippen LogP contribution in [0.3, 0.4) is 0 Å². The van der Waals surface area contributed by atoms with Crippen LogP contribution in [0.1, 0.15) is 25.0 Å². The van der Waals surface area contributed by atoms with Gasteiger partial charge in [0, 0.05) is 42.8 Å². The first-order chi connectivity index (χ1) is 22.1. The molecule has 2 aromatic carbocycles. The van der Waals surface area contributed by atoms with Gasteiger partial charge in [0.15, 0.2) is 29.0 Å². The number of rotatable bonds is 17. The zero-order chi connectivity index (χ0) is 32.7. The Balaban J connectivity index is 1.18. The summed E-state index contributed by atoms with van der Waals surface area (Å²) in [7, 11) is -2.99. The zero-order valence-corrected chi connectivity index (χ0v) is 25.8. The maximum absolute atomic E-state index is 13.9. The van der Waals surface area contributed by atoms with Gasteiger partial charge in [-0.05, 0) is 43.4 Å². The Labute approximate surface area is 262 Å². The van der Waals surface area contributed by atoms with Gasteiger partial charge < -0.3 is 34.8 Å². The number of nitrogens with zero attached hydrogens (tertiary/aromatic N) is 4. The average Bonchev–Trinajstić information content (AvgIpc) is 3.73. The summed E-state index contributed by atoms with van der Waals surface area (Å²) < 4.78 is 54.6. The number of H-pyrrole nitrogens is 1. The number of anilines is 3. The van der Waals surface area contributed by atoms with E-state index in [1.165, 1.54) is 25.6 Å². The third-order valence-corrected chi connectivity index (χ3v) is 7.65. The maximum Gasteiger partial charge on any atom is 0.469 e. The van der Waals surface area contributed by atoms with Crippen LogP contribution in [0.25, 0.3) is 10.9 Å². The highest BCUT2D eigenvalue weighted by molar-refractivity contribution is 7.46. The van der Waals surface area contributed by atoms with Crippen LogP contribution in [0.2, 0.25) is 0 Å². The van der Waals surface area contributed by atoms with Crippen LogP contribution in [0.4, 0.5) is 26.1 Å². The molecule has 246 valence electrons. The van der Waals surface area contributed by atoms with E-state index in [1.807, 2.05) is 0 Å². The van der Waals surface area contributed by atoms with E-state index in [0.29, 0.717) is 71.8 Å². The van der Waals surface area contributed by atoms with Crippen molar-refractivity contribution in [3.8, 4) is 11.5 Å². The normalized spacial score (nSPS) is 13.3. The average molecular weight is 662 g/mol. The summed E-state index contributed by atoms with van der Waals surface area (Å²) in [5.74, 6) is -0.426. The van der Waals surface area contributed by atoms with Gasteiger partial charge in [-0.1, -0.05) is 6.07 Å². The van der Waals surface area contributed by atoms with Crippen LogP contribution in [-0.2, 0) is 20.3 Å². The number of amides is 1. The Hall–Kier alpha value is -4.21. The van der Waals surface area contributed by atoms with E-state index in [2.05, 4.69) is 40.2 Å². The third-order valence-electron chi connectivity index (χ3n) is 7.13. The highest BCUT2D eigenvalue weighted by atomic mass is 31.2. The number of fused-ring (bicyclic) bond motifs is 1. The number of phosphoric acid groups is 1. The topological polar surface area (TPSA) is 184 Å². The van der Waals surface area contributed by atoms with Gasteiger partial charge in [-0.2, -0.15) is 5.10 Å². The van der Waals surface area contributed by atoms with Crippen molar-refractivity contribution in [2.45, 2.75) is 25.7 Å². The smallest absolute Gasteiger partial charge is 0.469 e. The number of nitrogens with one attached hydrogen (secondary N) is 3. The van der Waals surface area contributed by atoms with Crippen LogP contribution < -0.4 is 20.1 Å². The Morgan fingerprint density at radius 3 is 2.72 bits per heavy atom. The van der Waals surface area contributed by atoms with Crippen LogP contribution in [0.5, 0.6) is 11.5 Å². The van der Waals surface area contributed by atoms with Crippen molar-refractivity contribution in [1.82, 2.24) is 25.1 Å². The van der Waals surface area contributed by atoms with E-state index in [-0.39, 0.29) is 18.7 Å². The predicted molar refractivity (Wildman–Crippen MR) is 164 cm³/mol. The Kier molecular flexibility index (Phi) is 10.8. The summed E-state index contributed by atoms with van der Waals surface area (Å²) in [6.07, 6.45) is 4.18. The molecule has 0 unspecified atom stereocenters. The molecule has 1 aliphatic carbocycles. The zero-order valence-electron chi connectivity index (χ0n) is 24.9. The van der Waals surface area contributed by atoms with Gasteiger partial charge in [-0.15, -0.1) is 0 Å². The van der Waals surface area contributed by atoms with Gasteiger partial charge in [0.25, 0.3) is 0 Å². The van der Waals surface area contributed by atoms with Crippen LogP contribution in [0.15, 0.2) is 42.7 Å². The fraction of sp³-hybridized carbons (Fsp3) is 0.379. The molecule has 5 N–H and O–H groups in total. The lowest BCUT2D eigenvalue weighted by atomic mass is 10.2. The lowest BCUT2D eigenvalue weighted by Gasteiger charge is -2.22. The predicted octanol–water partition coefficient (Wildman–Crippen LogP) is 4.15. The Morgan fingerprint density at radius 1 is 1.13 bits per heavy atom. The lowest BCUT2D eigenvalue weighted by molar-refractivity contribution is -0.115. The van der Waals surface area contributed by atoms with Gasteiger partial charge >= 0.3 is 7.82 Å². The van der Waals surface area contributed by atoms with E-state index in [1.54, 1.807) is 18.2 Å². The second kappa shape index (κ2) is 14.9. The molecule has 1 fully saturated rings. The molecule has 0 aliphatic heterocycles. The van der Waals surface area contributed by atoms with Crippen molar-refractivity contribution in [3.05, 3.63) is 60.1 Å². The lowest BCUT2D eigenvalue weighted by Crippen LogP contribution is -2.31. The molecular weight excluding hydrogens is 627 g/mol. The first kappa shape index (κ1) is 33.2. The maximum atomic E-state index is 13.9. The first-order valence-electron chi connectivity index (χ1n) is 14.5. The summed E-state index contributed by atoms with van der Waals surface area (Å²) in [5, 5.41) is 13.0. The minimum absolute atomic E-state index is 0.0564. The molecule has 17 heteroatoms. The molecule has 2 aromatic heterocycles. The largest absolute Gasteiger partial charge is 0.493 e. The van der Waals surface area contributed by atoms with Crippen molar-refractivity contribution in [2.75, 3.05) is 50.6 Å². The molecule has 0 radical (unpaired) electrons. The number of methoxy groups -OCH3 is 1. The number of aromatic nitrogens is 4. The SMILES string of the molecule is COc1cc2c(Nc3cc(CC(=O)Nc4cccc(F)c4F)[nH]n3)ncnc2cc1OCCCN(CCOP(=O)(O)O)CC1CC1. The monoisotopic (exact) mass is 661 g/mol. The van der Waals surface area contributed by atoms with E-state index in [9.17, 15) is 18.1 Å². The number of carbonyl (C=O) groups is 1. The minimum atomic E-state index is -4.50.